The number of thiophene rings is 1. The molecular formula is C23H22N4O3S2. The number of anilines is 1. The summed E-state index contributed by atoms with van der Waals surface area (Å²) in [6.45, 7) is 0.642. The van der Waals surface area contributed by atoms with Gasteiger partial charge in [0.25, 0.3) is 10.0 Å². The number of imidazole rings is 1. The van der Waals surface area contributed by atoms with E-state index in [1.165, 1.54) is 15.6 Å². The van der Waals surface area contributed by atoms with E-state index in [0.29, 0.717) is 29.3 Å². The largest absolute Gasteiger partial charge is 0.326 e. The lowest BCUT2D eigenvalue weighted by atomic mass is 9.98. The number of nitrogens with one attached hydrogen (secondary N) is 1. The highest BCUT2D eigenvalue weighted by atomic mass is 32.2. The summed E-state index contributed by atoms with van der Waals surface area (Å²) in [5, 5.41) is 4.69. The third-order valence-electron chi connectivity index (χ3n) is 5.66. The quantitative estimate of drug-likeness (QED) is 0.480. The van der Waals surface area contributed by atoms with Crippen molar-refractivity contribution in [3.63, 3.8) is 0 Å². The summed E-state index contributed by atoms with van der Waals surface area (Å²) < 4.78 is 29.3. The van der Waals surface area contributed by atoms with E-state index < -0.39 is 10.0 Å². The molecule has 9 heteroatoms. The topological polar surface area (TPSA) is 83.8 Å². The number of fused-ring (bicyclic) bond motifs is 1. The second-order valence-corrected chi connectivity index (χ2v) is 10.9. The molecule has 0 aliphatic carbocycles. The number of carbonyl (C=O) groups is 1. The van der Waals surface area contributed by atoms with Gasteiger partial charge in [-0.25, -0.2) is 13.4 Å². The monoisotopic (exact) mass is 466 g/mol. The van der Waals surface area contributed by atoms with Crippen LogP contribution in [0, 0.1) is 5.92 Å². The Kier molecular flexibility index (Phi) is 5.54. The van der Waals surface area contributed by atoms with Crippen LogP contribution in [-0.2, 0) is 14.8 Å². The summed E-state index contributed by atoms with van der Waals surface area (Å²) in [6.07, 6.45) is 5.25. The lowest BCUT2D eigenvalue weighted by Crippen LogP contribution is -2.43. The maximum atomic E-state index is 12.9. The molecule has 1 aliphatic heterocycles. The van der Waals surface area contributed by atoms with E-state index in [1.807, 2.05) is 59.3 Å². The van der Waals surface area contributed by atoms with Crippen molar-refractivity contribution in [3.8, 4) is 11.3 Å². The summed E-state index contributed by atoms with van der Waals surface area (Å²) in [5.41, 5.74) is 3.37. The molecule has 1 amide bonds. The maximum absolute atomic E-state index is 12.9. The van der Waals surface area contributed by atoms with Gasteiger partial charge in [-0.3, -0.25) is 4.79 Å². The van der Waals surface area contributed by atoms with Crippen molar-refractivity contribution >= 4 is 38.6 Å². The molecule has 1 aromatic carbocycles. The van der Waals surface area contributed by atoms with Crippen LogP contribution < -0.4 is 5.32 Å². The Labute approximate surface area is 190 Å². The summed E-state index contributed by atoms with van der Waals surface area (Å²) in [4.78, 5) is 17.5. The number of nitrogens with zero attached hydrogens (tertiary/aromatic N) is 3. The summed E-state index contributed by atoms with van der Waals surface area (Å²) in [7, 11) is -3.54. The summed E-state index contributed by atoms with van der Waals surface area (Å²) in [6, 6.07) is 16.7. The van der Waals surface area contributed by atoms with Gasteiger partial charge >= 0.3 is 0 Å². The van der Waals surface area contributed by atoms with E-state index in [9.17, 15) is 13.2 Å². The number of amides is 1. The van der Waals surface area contributed by atoms with Gasteiger partial charge in [0.15, 0.2) is 0 Å². The summed E-state index contributed by atoms with van der Waals surface area (Å²) >= 11 is 1.20. The smallest absolute Gasteiger partial charge is 0.252 e. The molecule has 32 heavy (non-hydrogen) atoms. The first-order valence-corrected chi connectivity index (χ1v) is 12.7. The molecular weight excluding hydrogens is 444 g/mol. The van der Waals surface area contributed by atoms with Gasteiger partial charge in [-0.2, -0.15) is 4.31 Å². The molecule has 1 saturated heterocycles. The minimum absolute atomic E-state index is 0.156. The molecule has 4 heterocycles. The number of pyridine rings is 1. The van der Waals surface area contributed by atoms with Gasteiger partial charge in [0.1, 0.15) is 9.86 Å². The van der Waals surface area contributed by atoms with Gasteiger partial charge in [-0.05, 0) is 48.6 Å². The van der Waals surface area contributed by atoms with Crippen molar-refractivity contribution in [3.05, 3.63) is 72.4 Å². The SMILES string of the molecule is O=C(Nc1ccc(-c2cn3ccccc3n2)cc1)[C@@H]1CCCN(S(=O)(=O)c2cccs2)C1. The van der Waals surface area contributed by atoms with E-state index in [-0.39, 0.29) is 18.4 Å². The van der Waals surface area contributed by atoms with Crippen molar-refractivity contribution in [1.29, 1.82) is 0 Å². The van der Waals surface area contributed by atoms with Crippen LogP contribution in [0.2, 0.25) is 0 Å². The van der Waals surface area contributed by atoms with Crippen molar-refractivity contribution in [2.45, 2.75) is 17.1 Å². The van der Waals surface area contributed by atoms with E-state index in [0.717, 1.165) is 16.9 Å². The molecule has 3 aromatic heterocycles. The van der Waals surface area contributed by atoms with Crippen LogP contribution in [0.15, 0.2) is 76.6 Å². The van der Waals surface area contributed by atoms with Gasteiger partial charge < -0.3 is 9.72 Å². The molecule has 4 aromatic rings. The Morgan fingerprint density at radius 3 is 2.69 bits per heavy atom. The third kappa shape index (κ3) is 4.06. The molecule has 0 bridgehead atoms. The number of hydrogen-bond donors (Lipinski definition) is 1. The van der Waals surface area contributed by atoms with Gasteiger partial charge in [-0.1, -0.05) is 24.3 Å². The highest BCUT2D eigenvalue weighted by Crippen LogP contribution is 2.27. The van der Waals surface area contributed by atoms with Crippen LogP contribution in [0.25, 0.3) is 16.9 Å². The zero-order valence-corrected chi connectivity index (χ0v) is 18.8. The normalized spacial score (nSPS) is 17.4. The molecule has 5 rings (SSSR count). The number of carbonyl (C=O) groups excluding carboxylic acids is 1. The molecule has 164 valence electrons. The second-order valence-electron chi connectivity index (χ2n) is 7.79. The summed E-state index contributed by atoms with van der Waals surface area (Å²) in [5.74, 6) is -0.534. The van der Waals surface area contributed by atoms with Crippen molar-refractivity contribution in [2.75, 3.05) is 18.4 Å². The standard InChI is InChI=1S/C23H22N4O3S2/c28-23(18-5-3-13-27(15-18)32(29,30)22-7-4-14-31-22)24-19-10-8-17(9-11-19)20-16-26-12-2-1-6-21(26)25-20/h1-2,4,6-12,14,16,18H,3,5,13,15H2,(H,24,28)/t18-/m1/s1. The minimum atomic E-state index is -3.54. The number of sulfonamides is 1. The molecule has 0 spiro atoms. The Hall–Kier alpha value is -3.01. The zero-order chi connectivity index (χ0) is 22.1. The molecule has 0 unspecified atom stereocenters. The fourth-order valence-corrected chi connectivity index (χ4v) is 6.62. The lowest BCUT2D eigenvalue weighted by Gasteiger charge is -2.30. The van der Waals surface area contributed by atoms with Gasteiger partial charge in [0, 0.05) is 36.7 Å². The molecule has 1 fully saturated rings. The fraction of sp³-hybridized carbons (Fsp3) is 0.217. The number of rotatable bonds is 5. The Morgan fingerprint density at radius 2 is 1.94 bits per heavy atom. The van der Waals surface area contributed by atoms with Crippen LogP contribution in [0.3, 0.4) is 0 Å². The molecule has 7 nitrogen and oxygen atoms in total. The molecule has 1 aliphatic rings. The average molecular weight is 467 g/mol. The van der Waals surface area contributed by atoms with Crippen LogP contribution in [0.1, 0.15) is 12.8 Å². The Balaban J connectivity index is 1.26. The highest BCUT2D eigenvalue weighted by molar-refractivity contribution is 7.91. The average Bonchev–Trinajstić information content (AvgIpc) is 3.50. The van der Waals surface area contributed by atoms with Gasteiger partial charge in [0.2, 0.25) is 5.91 Å². The first kappa shape index (κ1) is 20.9. The second kappa shape index (κ2) is 8.50. The number of piperidine rings is 1. The fourth-order valence-electron chi connectivity index (χ4n) is 3.95. The first-order valence-electron chi connectivity index (χ1n) is 10.4. The van der Waals surface area contributed by atoms with Crippen LogP contribution in [-0.4, -0.2) is 41.1 Å². The predicted molar refractivity (Wildman–Crippen MR) is 125 cm³/mol. The van der Waals surface area contributed by atoms with Crippen LogP contribution in [0.4, 0.5) is 5.69 Å². The van der Waals surface area contributed by atoms with Crippen molar-refractivity contribution in [2.24, 2.45) is 5.92 Å². The van der Waals surface area contributed by atoms with Crippen LogP contribution in [0.5, 0.6) is 0 Å². The third-order valence-corrected chi connectivity index (χ3v) is 8.89. The predicted octanol–water partition coefficient (Wildman–Crippen LogP) is 4.10. The zero-order valence-electron chi connectivity index (χ0n) is 17.2. The number of aromatic nitrogens is 2. The van der Waals surface area contributed by atoms with Crippen molar-refractivity contribution < 1.29 is 13.2 Å². The highest BCUT2D eigenvalue weighted by Gasteiger charge is 2.33. The molecule has 0 saturated carbocycles. The Bertz CT molecular complexity index is 1310. The molecule has 1 N–H and O–H groups in total. The lowest BCUT2D eigenvalue weighted by molar-refractivity contribution is -0.120. The Morgan fingerprint density at radius 1 is 1.09 bits per heavy atom. The van der Waals surface area contributed by atoms with Gasteiger partial charge in [0.05, 0.1) is 11.6 Å². The van der Waals surface area contributed by atoms with Gasteiger partial charge in [-0.15, -0.1) is 11.3 Å². The van der Waals surface area contributed by atoms with E-state index in [4.69, 9.17) is 0 Å². The minimum Gasteiger partial charge on any atom is -0.326 e. The number of benzene rings is 1. The molecule has 1 atom stereocenters. The molecule has 0 radical (unpaired) electrons. The first-order chi connectivity index (χ1) is 15.5. The van der Waals surface area contributed by atoms with Crippen molar-refractivity contribution in [1.82, 2.24) is 13.7 Å². The van der Waals surface area contributed by atoms with E-state index in [2.05, 4.69) is 10.3 Å². The van der Waals surface area contributed by atoms with E-state index >= 15 is 0 Å². The maximum Gasteiger partial charge on any atom is 0.252 e. The number of hydrogen-bond acceptors (Lipinski definition) is 5. The van der Waals surface area contributed by atoms with Crippen LogP contribution >= 0.6 is 11.3 Å². The van der Waals surface area contributed by atoms with E-state index in [1.54, 1.807) is 17.5 Å².